The Morgan fingerprint density at radius 1 is 1.50 bits per heavy atom. The van der Waals surface area contributed by atoms with Crippen molar-refractivity contribution in [3.8, 4) is 0 Å². The smallest absolute Gasteiger partial charge is 0.354 e. The Hall–Kier alpha value is -1.89. The lowest BCUT2D eigenvalue weighted by Crippen LogP contribution is -2.25. The normalized spacial score (nSPS) is 18.4. The van der Waals surface area contributed by atoms with Crippen molar-refractivity contribution in [3.05, 3.63) is 24.0 Å². The van der Waals surface area contributed by atoms with Crippen LogP contribution in [0.4, 0.5) is 5.69 Å². The van der Waals surface area contributed by atoms with Gasteiger partial charge in [0.05, 0.1) is 11.9 Å². The highest BCUT2D eigenvalue weighted by Gasteiger charge is 2.31. The van der Waals surface area contributed by atoms with Crippen molar-refractivity contribution < 1.29 is 19.5 Å². The zero-order valence-corrected chi connectivity index (χ0v) is 11.7. The fourth-order valence-electron chi connectivity index (χ4n) is 2.05. The number of aromatic carboxylic acids is 1. The number of nitrogens with zero attached hydrogens (tertiary/aromatic N) is 2. The fourth-order valence-corrected chi connectivity index (χ4v) is 2.74. The van der Waals surface area contributed by atoms with Crippen LogP contribution in [0.15, 0.2) is 18.3 Å². The molecule has 0 saturated carbocycles. The number of aromatic nitrogens is 1. The first-order valence-electron chi connectivity index (χ1n) is 6.10. The molecule has 20 heavy (non-hydrogen) atoms. The molecule has 1 aromatic heterocycles. The Balaban J connectivity index is 2.03. The third-order valence-electron chi connectivity index (χ3n) is 3.01. The lowest BCUT2D eigenvalue weighted by atomic mass is 10.1. The van der Waals surface area contributed by atoms with Gasteiger partial charge in [-0.25, -0.2) is 9.78 Å². The Kier molecular flexibility index (Phi) is 4.39. The first-order chi connectivity index (χ1) is 9.47. The average Bonchev–Trinajstić information content (AvgIpc) is 2.78. The van der Waals surface area contributed by atoms with E-state index >= 15 is 0 Å². The number of pyridine rings is 1. The summed E-state index contributed by atoms with van der Waals surface area (Å²) < 4.78 is 0. The van der Waals surface area contributed by atoms with E-state index in [2.05, 4.69) is 4.98 Å². The highest BCUT2D eigenvalue weighted by Crippen LogP contribution is 2.27. The van der Waals surface area contributed by atoms with Gasteiger partial charge in [0, 0.05) is 25.6 Å². The molecule has 1 unspecified atom stereocenters. The van der Waals surface area contributed by atoms with E-state index in [0.717, 1.165) is 0 Å². The predicted octanol–water partition coefficient (Wildman–Crippen LogP) is 1.41. The molecule has 106 valence electrons. The number of carboxylic acid groups (broad SMARTS) is 1. The molecule has 1 aliphatic heterocycles. The van der Waals surface area contributed by atoms with Crippen LogP contribution in [0.1, 0.15) is 23.8 Å². The zero-order valence-electron chi connectivity index (χ0n) is 10.9. The van der Waals surface area contributed by atoms with E-state index < -0.39 is 5.97 Å². The Morgan fingerprint density at radius 2 is 2.25 bits per heavy atom. The van der Waals surface area contributed by atoms with Gasteiger partial charge in [-0.05, 0) is 18.1 Å². The second-order valence-electron chi connectivity index (χ2n) is 4.58. The quantitative estimate of drug-likeness (QED) is 0.903. The number of amides is 1. The molecular weight excluding hydrogens is 280 g/mol. The summed E-state index contributed by atoms with van der Waals surface area (Å²) in [6, 6.07) is 2.96. The first kappa shape index (κ1) is 14.5. The molecule has 7 heteroatoms. The number of carboxylic acids is 1. The van der Waals surface area contributed by atoms with Gasteiger partial charge >= 0.3 is 5.97 Å². The lowest BCUT2D eigenvalue weighted by molar-refractivity contribution is -0.117. The van der Waals surface area contributed by atoms with E-state index in [1.165, 1.54) is 30.9 Å². The summed E-state index contributed by atoms with van der Waals surface area (Å²) in [7, 11) is 0. The number of carbonyl (C=O) groups is 3. The molecule has 1 N–H and O–H groups in total. The highest BCUT2D eigenvalue weighted by molar-refractivity contribution is 8.13. The molecule has 1 amide bonds. The molecule has 0 aliphatic carbocycles. The third kappa shape index (κ3) is 3.36. The second kappa shape index (κ2) is 6.04. The topological polar surface area (TPSA) is 87.6 Å². The standard InChI is InChI=1S/C13H14N2O4S/c1-8(16)20-7-9-4-12(17)15(6-9)10-2-3-11(13(18)19)14-5-10/h2-3,5,9H,4,6-7H2,1H3,(H,18,19). The van der Waals surface area contributed by atoms with Crippen molar-refractivity contribution in [2.24, 2.45) is 5.92 Å². The van der Waals surface area contributed by atoms with Gasteiger partial charge in [-0.1, -0.05) is 11.8 Å². The molecule has 1 saturated heterocycles. The van der Waals surface area contributed by atoms with E-state index in [1.54, 1.807) is 11.0 Å². The third-order valence-corrected chi connectivity index (χ3v) is 4.05. The summed E-state index contributed by atoms with van der Waals surface area (Å²) >= 11 is 1.22. The number of carbonyl (C=O) groups excluding carboxylic acids is 2. The molecule has 1 atom stereocenters. The molecule has 2 heterocycles. The number of hydrogen-bond donors (Lipinski definition) is 1. The van der Waals surface area contributed by atoms with Crippen LogP contribution >= 0.6 is 11.8 Å². The predicted molar refractivity (Wildman–Crippen MR) is 74.8 cm³/mol. The zero-order chi connectivity index (χ0) is 14.7. The summed E-state index contributed by atoms with van der Waals surface area (Å²) in [6.45, 7) is 2.04. The van der Waals surface area contributed by atoms with Gasteiger partial charge < -0.3 is 10.0 Å². The molecule has 0 bridgehead atoms. The minimum absolute atomic E-state index is 0.0240. The van der Waals surface area contributed by atoms with Crippen molar-refractivity contribution >= 4 is 34.4 Å². The highest BCUT2D eigenvalue weighted by atomic mass is 32.2. The van der Waals surface area contributed by atoms with Gasteiger partial charge in [-0.2, -0.15) is 0 Å². The van der Waals surface area contributed by atoms with Crippen LogP contribution < -0.4 is 4.90 Å². The van der Waals surface area contributed by atoms with Crippen molar-refractivity contribution in [2.75, 3.05) is 17.2 Å². The van der Waals surface area contributed by atoms with E-state index in [9.17, 15) is 14.4 Å². The van der Waals surface area contributed by atoms with E-state index in [-0.39, 0.29) is 22.6 Å². The molecule has 0 radical (unpaired) electrons. The number of anilines is 1. The Labute approximate surface area is 120 Å². The maximum atomic E-state index is 11.9. The number of rotatable bonds is 4. The van der Waals surface area contributed by atoms with Crippen LogP contribution in [0.3, 0.4) is 0 Å². The van der Waals surface area contributed by atoms with Gasteiger partial charge in [-0.15, -0.1) is 0 Å². The van der Waals surface area contributed by atoms with Crippen molar-refractivity contribution in [1.29, 1.82) is 0 Å². The lowest BCUT2D eigenvalue weighted by Gasteiger charge is -2.16. The van der Waals surface area contributed by atoms with E-state index in [4.69, 9.17) is 5.11 Å². The summed E-state index contributed by atoms with van der Waals surface area (Å²) in [4.78, 5) is 39.0. The van der Waals surface area contributed by atoms with Crippen molar-refractivity contribution in [2.45, 2.75) is 13.3 Å². The molecule has 0 spiro atoms. The monoisotopic (exact) mass is 294 g/mol. The van der Waals surface area contributed by atoms with Crippen LogP contribution in [0, 0.1) is 5.92 Å². The minimum Gasteiger partial charge on any atom is -0.477 e. The van der Waals surface area contributed by atoms with Crippen LogP contribution in [0.5, 0.6) is 0 Å². The maximum Gasteiger partial charge on any atom is 0.354 e. The van der Waals surface area contributed by atoms with Gasteiger partial charge in [0.1, 0.15) is 5.69 Å². The Bertz CT molecular complexity index is 544. The summed E-state index contributed by atoms with van der Waals surface area (Å²) in [5.41, 5.74) is 0.541. The van der Waals surface area contributed by atoms with Crippen molar-refractivity contribution in [3.63, 3.8) is 0 Å². The van der Waals surface area contributed by atoms with Crippen LogP contribution in [0.25, 0.3) is 0 Å². The second-order valence-corrected chi connectivity index (χ2v) is 5.78. The van der Waals surface area contributed by atoms with E-state index in [1.807, 2.05) is 0 Å². The maximum absolute atomic E-state index is 11.9. The largest absolute Gasteiger partial charge is 0.477 e. The number of thioether (sulfide) groups is 1. The summed E-state index contributed by atoms with van der Waals surface area (Å²) in [5, 5.41) is 8.82. The molecule has 0 aromatic carbocycles. The van der Waals surface area contributed by atoms with Gasteiger partial charge in [0.15, 0.2) is 5.12 Å². The summed E-state index contributed by atoms with van der Waals surface area (Å²) in [6.07, 6.45) is 1.79. The van der Waals surface area contributed by atoms with Crippen LogP contribution in [0.2, 0.25) is 0 Å². The SMILES string of the molecule is CC(=O)SCC1CC(=O)N(c2ccc(C(=O)O)nc2)C1. The molecular formula is C13H14N2O4S. The molecule has 2 rings (SSSR count). The fraction of sp³-hybridized carbons (Fsp3) is 0.385. The van der Waals surface area contributed by atoms with Crippen LogP contribution in [-0.4, -0.2) is 39.4 Å². The average molecular weight is 294 g/mol. The molecule has 1 aromatic rings. The molecule has 1 aliphatic rings. The molecule has 6 nitrogen and oxygen atoms in total. The Morgan fingerprint density at radius 3 is 2.80 bits per heavy atom. The van der Waals surface area contributed by atoms with Crippen molar-refractivity contribution in [1.82, 2.24) is 4.98 Å². The van der Waals surface area contributed by atoms with Gasteiger partial charge in [0.2, 0.25) is 5.91 Å². The van der Waals surface area contributed by atoms with Gasteiger partial charge in [-0.3, -0.25) is 9.59 Å². The minimum atomic E-state index is -1.10. The van der Waals surface area contributed by atoms with E-state index in [0.29, 0.717) is 24.4 Å². The van der Waals surface area contributed by atoms with Gasteiger partial charge in [0.25, 0.3) is 0 Å². The first-order valence-corrected chi connectivity index (χ1v) is 7.09. The summed E-state index contributed by atoms with van der Waals surface area (Å²) in [5.74, 6) is -0.363. The molecule has 1 fully saturated rings. The number of hydrogen-bond acceptors (Lipinski definition) is 5. The van der Waals surface area contributed by atoms with Crippen LogP contribution in [-0.2, 0) is 9.59 Å².